The van der Waals surface area contributed by atoms with Crippen LogP contribution in [0.4, 0.5) is 5.69 Å². The summed E-state index contributed by atoms with van der Waals surface area (Å²) in [5.74, 6) is -1.09. The molecule has 2 amide bonds. The molecule has 0 spiro atoms. The quantitative estimate of drug-likeness (QED) is 0.396. The Morgan fingerprint density at radius 2 is 1.29 bits per heavy atom. The van der Waals surface area contributed by atoms with Gasteiger partial charge in [-0.1, -0.05) is 36.4 Å². The van der Waals surface area contributed by atoms with Crippen molar-refractivity contribution < 1.29 is 23.9 Å². The third-order valence-corrected chi connectivity index (χ3v) is 4.43. The van der Waals surface area contributed by atoms with Gasteiger partial charge in [-0.25, -0.2) is 9.69 Å². The van der Waals surface area contributed by atoms with Crippen molar-refractivity contribution in [1.82, 2.24) is 0 Å². The van der Waals surface area contributed by atoms with Crippen LogP contribution in [0.3, 0.4) is 0 Å². The third-order valence-electron chi connectivity index (χ3n) is 4.43. The van der Waals surface area contributed by atoms with E-state index in [1.807, 2.05) is 0 Å². The number of imide groups is 1. The predicted molar refractivity (Wildman–Crippen MR) is 102 cm³/mol. The number of hydrogen-bond donors (Lipinski definition) is 0. The molecule has 0 aliphatic carbocycles. The van der Waals surface area contributed by atoms with Gasteiger partial charge in [0.25, 0.3) is 11.8 Å². The Bertz CT molecular complexity index is 1070. The first-order valence-corrected chi connectivity index (χ1v) is 8.54. The van der Waals surface area contributed by atoms with Gasteiger partial charge >= 0.3 is 5.97 Å². The minimum Gasteiger partial charge on any atom is -0.496 e. The van der Waals surface area contributed by atoms with Gasteiger partial charge in [0.15, 0.2) is 5.75 Å². The Kier molecular flexibility index (Phi) is 4.37. The zero-order valence-corrected chi connectivity index (χ0v) is 14.9. The number of rotatable bonds is 4. The van der Waals surface area contributed by atoms with Crippen LogP contribution in [0.15, 0.2) is 72.8 Å². The van der Waals surface area contributed by atoms with Gasteiger partial charge < -0.3 is 9.47 Å². The molecule has 3 aromatic carbocycles. The maximum Gasteiger partial charge on any atom is 0.347 e. The summed E-state index contributed by atoms with van der Waals surface area (Å²) in [6, 6.07) is 19.7. The van der Waals surface area contributed by atoms with E-state index in [1.54, 1.807) is 66.7 Å². The van der Waals surface area contributed by atoms with Crippen LogP contribution in [0.25, 0.3) is 0 Å². The van der Waals surface area contributed by atoms with Crippen LogP contribution in [0, 0.1) is 0 Å². The number of methoxy groups -OCH3 is 1. The zero-order valence-electron chi connectivity index (χ0n) is 14.9. The molecule has 28 heavy (non-hydrogen) atoms. The molecule has 1 heterocycles. The monoisotopic (exact) mass is 373 g/mol. The zero-order chi connectivity index (χ0) is 19.7. The molecule has 0 fully saturated rings. The normalized spacial score (nSPS) is 12.7. The van der Waals surface area contributed by atoms with E-state index in [-0.39, 0.29) is 17.0 Å². The van der Waals surface area contributed by atoms with Crippen molar-refractivity contribution in [1.29, 1.82) is 0 Å². The molecule has 138 valence electrons. The number of hydrogen-bond acceptors (Lipinski definition) is 5. The lowest BCUT2D eigenvalue weighted by Crippen LogP contribution is -2.30. The van der Waals surface area contributed by atoms with E-state index in [4.69, 9.17) is 9.47 Å². The largest absolute Gasteiger partial charge is 0.496 e. The number of nitrogens with zero attached hydrogens (tertiary/aromatic N) is 1. The number of carbonyl (C=O) groups excluding carboxylic acids is 3. The summed E-state index contributed by atoms with van der Waals surface area (Å²) in [7, 11) is 1.46. The van der Waals surface area contributed by atoms with Gasteiger partial charge in [-0.2, -0.15) is 0 Å². The standard InChI is InChI=1S/C22H15NO5/c1-27-18-12-6-4-10-16(18)22(26)28-19-13-7-5-11-17(19)23-20(24)14-8-2-3-9-15(14)21(23)25/h2-13H,1H3. The van der Waals surface area contributed by atoms with Crippen LogP contribution in [-0.2, 0) is 0 Å². The second-order valence-corrected chi connectivity index (χ2v) is 6.05. The first kappa shape index (κ1) is 17.5. The molecule has 0 radical (unpaired) electrons. The van der Waals surface area contributed by atoms with Gasteiger partial charge in [0, 0.05) is 0 Å². The number of anilines is 1. The van der Waals surface area contributed by atoms with Crippen molar-refractivity contribution >= 4 is 23.5 Å². The van der Waals surface area contributed by atoms with Gasteiger partial charge in [0.2, 0.25) is 0 Å². The lowest BCUT2D eigenvalue weighted by atomic mass is 10.1. The van der Waals surface area contributed by atoms with Gasteiger partial charge in [0.05, 0.1) is 23.9 Å². The molecule has 0 saturated heterocycles. The van der Waals surface area contributed by atoms with E-state index in [2.05, 4.69) is 0 Å². The van der Waals surface area contributed by atoms with E-state index < -0.39 is 17.8 Å². The van der Waals surface area contributed by atoms with E-state index >= 15 is 0 Å². The number of para-hydroxylation sites is 3. The fourth-order valence-corrected chi connectivity index (χ4v) is 3.10. The fraction of sp³-hybridized carbons (Fsp3) is 0.0455. The van der Waals surface area contributed by atoms with Crippen LogP contribution in [-0.4, -0.2) is 24.9 Å². The molecule has 0 saturated carbocycles. The number of benzene rings is 3. The van der Waals surface area contributed by atoms with Crippen LogP contribution in [0.2, 0.25) is 0 Å². The third kappa shape index (κ3) is 2.81. The molecule has 0 atom stereocenters. The Morgan fingerprint density at radius 3 is 1.93 bits per heavy atom. The van der Waals surface area contributed by atoms with Crippen molar-refractivity contribution in [2.45, 2.75) is 0 Å². The first-order chi connectivity index (χ1) is 13.6. The lowest BCUT2D eigenvalue weighted by Gasteiger charge is -2.18. The highest BCUT2D eigenvalue weighted by molar-refractivity contribution is 6.34. The van der Waals surface area contributed by atoms with Crippen LogP contribution in [0.1, 0.15) is 31.1 Å². The Balaban J connectivity index is 1.70. The Labute approximate surface area is 160 Å². The molecule has 0 aromatic heterocycles. The molecule has 1 aliphatic rings. The molecule has 4 rings (SSSR count). The van der Waals surface area contributed by atoms with Gasteiger partial charge in [-0.3, -0.25) is 9.59 Å². The molecule has 0 N–H and O–H groups in total. The molecule has 1 aliphatic heterocycles. The molecule has 6 nitrogen and oxygen atoms in total. The smallest absolute Gasteiger partial charge is 0.347 e. The van der Waals surface area contributed by atoms with E-state index in [0.29, 0.717) is 16.9 Å². The van der Waals surface area contributed by atoms with Gasteiger partial charge in [-0.15, -0.1) is 0 Å². The van der Waals surface area contributed by atoms with Crippen molar-refractivity contribution in [2.75, 3.05) is 12.0 Å². The summed E-state index contributed by atoms with van der Waals surface area (Å²) in [6.07, 6.45) is 0. The number of amides is 2. The minimum absolute atomic E-state index is 0.105. The molecule has 6 heteroatoms. The molecule has 0 bridgehead atoms. The lowest BCUT2D eigenvalue weighted by molar-refractivity contribution is 0.0728. The molecular weight excluding hydrogens is 358 g/mol. The molecule has 3 aromatic rings. The topological polar surface area (TPSA) is 72.9 Å². The number of carbonyl (C=O) groups is 3. The summed E-state index contributed by atoms with van der Waals surface area (Å²) in [4.78, 5) is 39.2. The Hall–Kier alpha value is -3.93. The summed E-state index contributed by atoms with van der Waals surface area (Å²) >= 11 is 0. The highest BCUT2D eigenvalue weighted by Gasteiger charge is 2.38. The highest BCUT2D eigenvalue weighted by Crippen LogP contribution is 2.35. The summed E-state index contributed by atoms with van der Waals surface area (Å²) in [5, 5.41) is 0. The summed E-state index contributed by atoms with van der Waals surface area (Å²) in [6.45, 7) is 0. The maximum absolute atomic E-state index is 12.8. The number of esters is 1. The van der Waals surface area contributed by atoms with Crippen molar-refractivity contribution in [3.63, 3.8) is 0 Å². The van der Waals surface area contributed by atoms with Crippen LogP contribution >= 0.6 is 0 Å². The summed E-state index contributed by atoms with van der Waals surface area (Å²) < 4.78 is 10.7. The van der Waals surface area contributed by atoms with Crippen LogP contribution < -0.4 is 14.4 Å². The average molecular weight is 373 g/mol. The van der Waals surface area contributed by atoms with E-state index in [1.165, 1.54) is 13.2 Å². The minimum atomic E-state index is -0.651. The number of fused-ring (bicyclic) bond motifs is 1. The van der Waals surface area contributed by atoms with Crippen molar-refractivity contribution in [3.05, 3.63) is 89.5 Å². The van der Waals surface area contributed by atoms with E-state index in [9.17, 15) is 14.4 Å². The van der Waals surface area contributed by atoms with Crippen molar-refractivity contribution in [2.24, 2.45) is 0 Å². The second kappa shape index (κ2) is 7.00. The summed E-state index contributed by atoms with van der Waals surface area (Å²) in [5.41, 5.74) is 1.08. The second-order valence-electron chi connectivity index (χ2n) is 6.05. The maximum atomic E-state index is 12.8. The molecular formula is C22H15NO5. The number of ether oxygens (including phenoxy) is 2. The Morgan fingerprint density at radius 1 is 0.750 bits per heavy atom. The SMILES string of the molecule is COc1ccccc1C(=O)Oc1ccccc1N1C(=O)c2ccccc2C1=O. The average Bonchev–Trinajstić information content (AvgIpc) is 2.99. The van der Waals surface area contributed by atoms with Crippen molar-refractivity contribution in [3.8, 4) is 11.5 Å². The molecule has 0 unspecified atom stereocenters. The first-order valence-electron chi connectivity index (χ1n) is 8.54. The van der Waals surface area contributed by atoms with Crippen LogP contribution in [0.5, 0.6) is 11.5 Å². The predicted octanol–water partition coefficient (Wildman–Crippen LogP) is 3.72. The fourth-order valence-electron chi connectivity index (χ4n) is 3.10. The van der Waals surface area contributed by atoms with E-state index in [0.717, 1.165) is 4.90 Å². The van der Waals surface area contributed by atoms with Gasteiger partial charge in [-0.05, 0) is 36.4 Å². The van der Waals surface area contributed by atoms with Gasteiger partial charge in [0.1, 0.15) is 11.3 Å². The highest BCUT2D eigenvalue weighted by atomic mass is 16.5.